The molecule has 0 aliphatic carbocycles. The van der Waals surface area contributed by atoms with Crippen molar-refractivity contribution in [2.45, 2.75) is 217 Å². The summed E-state index contributed by atoms with van der Waals surface area (Å²) in [6.07, 6.45) is 4.66. The van der Waals surface area contributed by atoms with Crippen LogP contribution in [0.5, 0.6) is 0 Å². The molecule has 16 amide bonds. The number of nitrogens with two attached hydrogens (primary N) is 1. The first kappa shape index (κ1) is 79.3. The molecule has 6 aliphatic heterocycles. The number of carbonyl (C=O) groups excluding carboxylic acids is 15. The fraction of sp³-hybridized carbons (Fsp3) is 0.754. The van der Waals surface area contributed by atoms with E-state index in [2.05, 4.69) is 58.5 Å². The Balaban J connectivity index is 0.966. The molecular weight excluding hydrogens is 1320 g/mol. The number of rotatable bonds is 34. The molecule has 0 saturated carbocycles. The van der Waals surface area contributed by atoms with Gasteiger partial charge in [0.15, 0.2) is 0 Å². The van der Waals surface area contributed by atoms with Gasteiger partial charge in [-0.05, 0) is 102 Å². The van der Waals surface area contributed by atoms with Gasteiger partial charge in [-0.15, -0.1) is 0 Å². The molecule has 98 heavy (non-hydrogen) atoms. The van der Waals surface area contributed by atoms with E-state index in [9.17, 15) is 86.3 Å². The number of nitrogens with zero attached hydrogens (tertiary/aromatic N) is 4. The van der Waals surface area contributed by atoms with Crippen LogP contribution in [0, 0.1) is 17.8 Å². The highest BCUT2D eigenvalue weighted by Crippen LogP contribution is 2.36. The third-order valence-electron chi connectivity index (χ3n) is 18.1. The normalized spacial score (nSPS) is 23.1. The van der Waals surface area contributed by atoms with Crippen molar-refractivity contribution in [1.82, 2.24) is 78.1 Å². The Bertz CT molecular complexity index is 3030. The number of fused-ring (bicyclic) bond motifs is 1. The molecule has 6 saturated heterocycles. The van der Waals surface area contributed by atoms with Gasteiger partial charge >= 0.3 is 13.9 Å². The number of likely N-dealkylation sites (tertiary alicyclic amines) is 4. The zero-order chi connectivity index (χ0) is 72.5. The second-order valence-corrected chi connectivity index (χ2v) is 29.4. The number of nitrogens with one attached hydrogen (secondary N) is 11. The van der Waals surface area contributed by atoms with Gasteiger partial charge in [-0.1, -0.05) is 48.0 Å². The first-order valence-corrected chi connectivity index (χ1v) is 36.2. The van der Waals surface area contributed by atoms with Gasteiger partial charge in [0.1, 0.15) is 60.4 Å². The Morgan fingerprint density at radius 2 is 1.09 bits per heavy atom. The summed E-state index contributed by atoms with van der Waals surface area (Å²) in [5, 5.41) is 28.7. The molecule has 0 radical (unpaired) electrons. The van der Waals surface area contributed by atoms with Gasteiger partial charge < -0.3 is 93.6 Å². The van der Waals surface area contributed by atoms with E-state index in [1.54, 1.807) is 53.3 Å². The third-order valence-corrected chi connectivity index (χ3v) is 20.1. The Morgan fingerprint density at radius 1 is 0.571 bits per heavy atom. The summed E-state index contributed by atoms with van der Waals surface area (Å²) in [6, 6.07) is -12.3. The van der Waals surface area contributed by atoms with Crippen LogP contribution in [0.25, 0.3) is 0 Å². The highest BCUT2D eigenvalue weighted by atomic mass is 32.2. The van der Waals surface area contributed by atoms with E-state index in [4.69, 9.17) is 10.3 Å². The molecule has 6 heterocycles. The van der Waals surface area contributed by atoms with Crippen molar-refractivity contribution in [3.05, 3.63) is 0 Å². The molecule has 6 fully saturated rings. The summed E-state index contributed by atoms with van der Waals surface area (Å²) in [5.41, 5.74) is 5.53. The lowest BCUT2D eigenvalue weighted by molar-refractivity contribution is -0.149. The number of urea groups is 1. The second kappa shape index (κ2) is 36.4. The fourth-order valence-corrected chi connectivity index (χ4v) is 14.8. The predicted molar refractivity (Wildman–Crippen MR) is 351 cm³/mol. The maximum atomic E-state index is 14.5. The van der Waals surface area contributed by atoms with E-state index >= 15 is 0 Å². The SMILES string of the molecule is CC(C)C[C@H](NC(=O)[C@H](C)NC(=O)[C@@H]1CCCN1C(=O)CNC(=O)[C@H](C)NC(=O)CNC(=O)CNC(=O)CCCC[C@@H]1SC[C@@H]2NC(=O)N[C@@H]21)C(=O)N[C@@H](COP(=O)(O)O)C(=O)N1CCC[C@H]1C(=O)N[C@H](C(=O)N1CCC[C@H]1C(=O)N1CCC[C@H]1C(=O)N[C@H](C(N)=O)C(C)C)C(C)C. The molecule has 0 aromatic heterocycles. The van der Waals surface area contributed by atoms with Crippen molar-refractivity contribution in [2.24, 2.45) is 23.5 Å². The summed E-state index contributed by atoms with van der Waals surface area (Å²) >= 11 is 1.78. The molecule has 35 nitrogen and oxygen atoms in total. The Morgan fingerprint density at radius 3 is 1.69 bits per heavy atom. The van der Waals surface area contributed by atoms with Crippen LogP contribution in [0.4, 0.5) is 4.79 Å². The monoisotopic (exact) mass is 1420 g/mol. The summed E-state index contributed by atoms with van der Waals surface area (Å²) in [6.45, 7) is 10.7. The molecule has 15 N–H and O–H groups in total. The molecule has 6 rings (SSSR count). The van der Waals surface area contributed by atoms with Crippen LogP contribution in [-0.2, 0) is 76.2 Å². The third kappa shape index (κ3) is 22.4. The zero-order valence-electron chi connectivity index (χ0n) is 56.9. The van der Waals surface area contributed by atoms with Crippen LogP contribution in [-0.4, -0.2) is 254 Å². The molecular formula is C61H99N16O19PS. The summed E-state index contributed by atoms with van der Waals surface area (Å²) in [5.74, 6) is -10.3. The van der Waals surface area contributed by atoms with E-state index in [1.807, 2.05) is 0 Å². The topological polar surface area (TPSA) is 494 Å². The standard InChI is InChI=1S/C61H99N16O19PS/c1-31(2)25-36(68-53(84)35(8)67-55(86)39-15-11-21-74(39)47(81)28-65-52(83)34(7)66-46(80)27-64-45(79)26-63-44(78)20-10-9-19-43-50-38(30-98-43)70-61(92)73-50)54(85)69-37(29-96-97(93,94)95)58(89)75-22-12-16-40(75)57(88)72-49(33(5)6)60(91)77-24-14-18-42(77)59(90)76-23-13-17-41(76)56(87)71-48(32(3)4)51(62)82/h31-43,48-50H,9-30H2,1-8H3,(H2,62,82)(H,63,78)(H,64,79)(H,65,83)(H,66,80)(H,67,86)(H,68,84)(H,69,85)(H,71,87)(H,72,88)(H2,70,73,92)(H2,93,94,95)/t34-,35-,36-,37-,38-,39-,40-,41-,42-,43-,48-,49-,50-/m0/s1. The van der Waals surface area contributed by atoms with Gasteiger partial charge in [0.2, 0.25) is 82.7 Å². The van der Waals surface area contributed by atoms with Crippen molar-refractivity contribution in [3.8, 4) is 0 Å². The maximum Gasteiger partial charge on any atom is 0.469 e. The Labute approximate surface area is 573 Å². The van der Waals surface area contributed by atoms with Crippen molar-refractivity contribution in [2.75, 3.05) is 58.2 Å². The van der Waals surface area contributed by atoms with Crippen molar-refractivity contribution >= 4 is 108 Å². The number of amides is 16. The molecule has 0 spiro atoms. The number of unbranched alkanes of at least 4 members (excludes halogenated alkanes) is 1. The van der Waals surface area contributed by atoms with Crippen LogP contribution in [0.3, 0.4) is 0 Å². The minimum absolute atomic E-state index is 0.0622. The zero-order valence-corrected chi connectivity index (χ0v) is 58.6. The van der Waals surface area contributed by atoms with Gasteiger partial charge in [-0.3, -0.25) is 71.6 Å². The molecule has 0 unspecified atom stereocenters. The number of primary amides is 1. The fourth-order valence-electron chi connectivity index (χ4n) is 12.9. The first-order chi connectivity index (χ1) is 46.1. The van der Waals surface area contributed by atoms with E-state index in [0.29, 0.717) is 32.1 Å². The summed E-state index contributed by atoms with van der Waals surface area (Å²) < 4.78 is 16.8. The van der Waals surface area contributed by atoms with Crippen LogP contribution in [0.1, 0.15) is 139 Å². The number of phosphoric acid groups is 1. The second-order valence-electron chi connectivity index (χ2n) is 26.9. The minimum atomic E-state index is -5.31. The van der Waals surface area contributed by atoms with Crippen LogP contribution in [0.15, 0.2) is 0 Å². The first-order valence-electron chi connectivity index (χ1n) is 33.7. The largest absolute Gasteiger partial charge is 0.469 e. The van der Waals surface area contributed by atoms with Gasteiger partial charge in [0.05, 0.1) is 38.3 Å². The molecule has 0 aromatic carbocycles. The molecule has 0 bridgehead atoms. The minimum Gasteiger partial charge on any atom is -0.368 e. The maximum absolute atomic E-state index is 14.5. The van der Waals surface area contributed by atoms with E-state index < -0.39 is 171 Å². The number of phosphoric ester groups is 1. The highest BCUT2D eigenvalue weighted by molar-refractivity contribution is 8.00. The van der Waals surface area contributed by atoms with Crippen molar-refractivity contribution in [3.63, 3.8) is 0 Å². The Hall–Kier alpha value is -7.69. The number of hydrogen-bond donors (Lipinski definition) is 14. The smallest absolute Gasteiger partial charge is 0.368 e. The summed E-state index contributed by atoms with van der Waals surface area (Å²) in [4.78, 5) is 225. The van der Waals surface area contributed by atoms with Crippen molar-refractivity contribution < 1.29 is 90.8 Å². The molecule has 0 aromatic rings. The number of hydrogen-bond acceptors (Lipinski definition) is 18. The van der Waals surface area contributed by atoms with Crippen LogP contribution >= 0.6 is 19.6 Å². The molecule has 13 atom stereocenters. The Kier molecular flexibility index (Phi) is 29.5. The number of carbonyl (C=O) groups is 15. The average Bonchev–Trinajstić information content (AvgIpc) is 1.56. The lowest BCUT2D eigenvalue weighted by atomic mass is 10.0. The molecule has 6 aliphatic rings. The average molecular weight is 1420 g/mol. The predicted octanol–water partition coefficient (Wildman–Crippen LogP) is -4.07. The lowest BCUT2D eigenvalue weighted by Gasteiger charge is -2.35. The number of thioether (sulfide) groups is 1. The molecule has 548 valence electrons. The lowest BCUT2D eigenvalue weighted by Crippen LogP contribution is -2.61. The summed E-state index contributed by atoms with van der Waals surface area (Å²) in [7, 11) is -5.31. The molecule has 37 heteroatoms. The van der Waals surface area contributed by atoms with E-state index in [-0.39, 0.29) is 112 Å². The van der Waals surface area contributed by atoms with Gasteiger partial charge in [-0.25, -0.2) is 9.36 Å². The van der Waals surface area contributed by atoms with Crippen LogP contribution < -0.4 is 64.2 Å². The van der Waals surface area contributed by atoms with Gasteiger partial charge in [-0.2, -0.15) is 11.8 Å². The van der Waals surface area contributed by atoms with E-state index in [0.717, 1.165) is 23.5 Å². The van der Waals surface area contributed by atoms with E-state index in [1.165, 1.54) is 28.5 Å². The van der Waals surface area contributed by atoms with Gasteiger partial charge in [0, 0.05) is 43.6 Å². The van der Waals surface area contributed by atoms with Gasteiger partial charge in [0.25, 0.3) is 0 Å². The quantitative estimate of drug-likeness (QED) is 0.0166. The highest BCUT2D eigenvalue weighted by Gasteiger charge is 2.47. The van der Waals surface area contributed by atoms with Crippen molar-refractivity contribution in [1.29, 1.82) is 0 Å². The van der Waals surface area contributed by atoms with Crippen LogP contribution in [0.2, 0.25) is 0 Å².